The van der Waals surface area contributed by atoms with Crippen LogP contribution in [-0.2, 0) is 6.54 Å². The van der Waals surface area contributed by atoms with Crippen molar-refractivity contribution in [2.24, 2.45) is 0 Å². The molecule has 0 bridgehead atoms. The van der Waals surface area contributed by atoms with Crippen molar-refractivity contribution >= 4 is 0 Å². The molecule has 5 heteroatoms. The molecule has 0 aliphatic heterocycles. The highest BCUT2D eigenvalue weighted by Gasteiger charge is 2.21. The van der Waals surface area contributed by atoms with E-state index < -0.39 is 0 Å². The summed E-state index contributed by atoms with van der Waals surface area (Å²) in [6.07, 6.45) is 0.641. The highest BCUT2D eigenvalue weighted by Crippen LogP contribution is 2.31. The number of hydrogen-bond acceptors (Lipinski definition) is 4. The van der Waals surface area contributed by atoms with Crippen LogP contribution in [0.2, 0.25) is 0 Å². The first kappa shape index (κ1) is 20.1. The summed E-state index contributed by atoms with van der Waals surface area (Å²) in [5, 5.41) is 14.7. The van der Waals surface area contributed by atoms with E-state index >= 15 is 0 Å². The van der Waals surface area contributed by atoms with Gasteiger partial charge in [0.2, 0.25) is 5.88 Å². The third kappa shape index (κ3) is 5.00. The van der Waals surface area contributed by atoms with Crippen LogP contribution in [0.3, 0.4) is 0 Å². The highest BCUT2D eigenvalue weighted by atomic mass is 16.5. The summed E-state index contributed by atoms with van der Waals surface area (Å²) in [5.74, 6) is 1.50. The molecule has 2 aromatic carbocycles. The van der Waals surface area contributed by atoms with Crippen molar-refractivity contribution in [2.45, 2.75) is 39.8 Å². The fraction of sp³-hybridized carbons (Fsp3) is 0.348. The van der Waals surface area contributed by atoms with E-state index in [2.05, 4.69) is 11.8 Å². The second-order valence-corrected chi connectivity index (χ2v) is 7.12. The zero-order valence-corrected chi connectivity index (χ0v) is 16.9. The van der Waals surface area contributed by atoms with Crippen molar-refractivity contribution in [1.29, 1.82) is 0 Å². The van der Waals surface area contributed by atoms with Gasteiger partial charge in [-0.05, 0) is 51.1 Å². The minimum absolute atomic E-state index is 0.380. The van der Waals surface area contributed by atoms with E-state index in [9.17, 15) is 5.11 Å². The SMILES string of the molecule is CCCN(Cc1c(C)nn(-c2ccccc2)c1Oc1ccccc1)C[C@H](C)O. The molecule has 1 aromatic heterocycles. The highest BCUT2D eigenvalue weighted by molar-refractivity contribution is 5.43. The van der Waals surface area contributed by atoms with Crippen LogP contribution in [-0.4, -0.2) is 39.0 Å². The smallest absolute Gasteiger partial charge is 0.227 e. The summed E-state index contributed by atoms with van der Waals surface area (Å²) < 4.78 is 8.18. The summed E-state index contributed by atoms with van der Waals surface area (Å²) in [5.41, 5.74) is 2.93. The zero-order valence-electron chi connectivity index (χ0n) is 16.9. The second kappa shape index (κ2) is 9.53. The van der Waals surface area contributed by atoms with E-state index in [4.69, 9.17) is 9.84 Å². The molecule has 3 rings (SSSR count). The number of nitrogens with zero attached hydrogens (tertiary/aromatic N) is 3. The van der Waals surface area contributed by atoms with Crippen molar-refractivity contribution in [1.82, 2.24) is 14.7 Å². The largest absolute Gasteiger partial charge is 0.439 e. The molecule has 3 aromatic rings. The molecular weight excluding hydrogens is 350 g/mol. The van der Waals surface area contributed by atoms with Gasteiger partial charge in [0.15, 0.2) is 0 Å². The van der Waals surface area contributed by atoms with Crippen molar-refractivity contribution in [3.8, 4) is 17.3 Å². The van der Waals surface area contributed by atoms with Gasteiger partial charge in [-0.2, -0.15) is 5.10 Å². The summed E-state index contributed by atoms with van der Waals surface area (Å²) in [7, 11) is 0. The number of hydrogen-bond donors (Lipinski definition) is 1. The maximum Gasteiger partial charge on any atom is 0.227 e. The number of rotatable bonds is 9. The third-order valence-electron chi connectivity index (χ3n) is 4.54. The Morgan fingerprint density at radius 3 is 2.32 bits per heavy atom. The quantitative estimate of drug-likeness (QED) is 0.592. The molecule has 0 fully saturated rings. The van der Waals surface area contributed by atoms with Crippen LogP contribution in [0, 0.1) is 6.92 Å². The van der Waals surface area contributed by atoms with Crippen LogP contribution in [0.4, 0.5) is 0 Å². The third-order valence-corrected chi connectivity index (χ3v) is 4.54. The lowest BCUT2D eigenvalue weighted by Gasteiger charge is -2.23. The van der Waals surface area contributed by atoms with Gasteiger partial charge in [-0.25, -0.2) is 4.68 Å². The summed E-state index contributed by atoms with van der Waals surface area (Å²) in [4.78, 5) is 2.25. The van der Waals surface area contributed by atoms with E-state index in [-0.39, 0.29) is 6.10 Å². The molecule has 28 heavy (non-hydrogen) atoms. The van der Waals surface area contributed by atoms with Crippen molar-refractivity contribution in [3.05, 3.63) is 71.9 Å². The van der Waals surface area contributed by atoms with E-state index in [1.165, 1.54) is 0 Å². The summed E-state index contributed by atoms with van der Waals surface area (Å²) in [6, 6.07) is 19.8. The molecule has 1 N–H and O–H groups in total. The van der Waals surface area contributed by atoms with Gasteiger partial charge in [-0.15, -0.1) is 0 Å². The van der Waals surface area contributed by atoms with Crippen LogP contribution < -0.4 is 4.74 Å². The molecule has 0 saturated heterocycles. The predicted molar refractivity (Wildman–Crippen MR) is 112 cm³/mol. The standard InChI is InChI=1S/C23H29N3O2/c1-4-15-25(16-18(2)27)17-22-19(3)24-26(20-11-7-5-8-12-20)23(22)28-21-13-9-6-10-14-21/h5-14,18,27H,4,15-17H2,1-3H3/t18-/m0/s1. The monoisotopic (exact) mass is 379 g/mol. The van der Waals surface area contributed by atoms with Gasteiger partial charge >= 0.3 is 0 Å². The molecule has 0 saturated carbocycles. The first-order valence-corrected chi connectivity index (χ1v) is 9.85. The molecule has 1 heterocycles. The molecular formula is C23H29N3O2. The number of ether oxygens (including phenoxy) is 1. The molecule has 0 radical (unpaired) electrons. The van der Waals surface area contributed by atoms with Crippen LogP contribution >= 0.6 is 0 Å². The number of aliphatic hydroxyl groups excluding tert-OH is 1. The Morgan fingerprint density at radius 2 is 1.71 bits per heavy atom. The Kier molecular flexibility index (Phi) is 6.85. The molecule has 0 spiro atoms. The number of para-hydroxylation sites is 2. The Balaban J connectivity index is 2.01. The lowest BCUT2D eigenvalue weighted by atomic mass is 10.2. The Hall–Kier alpha value is -2.63. The summed E-state index contributed by atoms with van der Waals surface area (Å²) >= 11 is 0. The van der Waals surface area contributed by atoms with E-state index in [1.54, 1.807) is 0 Å². The lowest BCUT2D eigenvalue weighted by molar-refractivity contribution is 0.122. The molecule has 0 aliphatic rings. The first-order valence-electron chi connectivity index (χ1n) is 9.85. The van der Waals surface area contributed by atoms with Crippen LogP contribution in [0.5, 0.6) is 11.6 Å². The van der Waals surface area contributed by atoms with E-state index in [0.29, 0.717) is 13.1 Å². The van der Waals surface area contributed by atoms with Crippen LogP contribution in [0.1, 0.15) is 31.5 Å². The van der Waals surface area contributed by atoms with Gasteiger partial charge in [0.1, 0.15) is 5.75 Å². The van der Waals surface area contributed by atoms with E-state index in [1.807, 2.05) is 79.2 Å². The Bertz CT molecular complexity index is 860. The first-order chi connectivity index (χ1) is 13.6. The zero-order chi connectivity index (χ0) is 19.9. The van der Waals surface area contributed by atoms with Crippen LogP contribution in [0.25, 0.3) is 5.69 Å². The number of aromatic nitrogens is 2. The minimum Gasteiger partial charge on any atom is -0.439 e. The molecule has 1 atom stereocenters. The number of benzene rings is 2. The normalized spacial score (nSPS) is 12.3. The second-order valence-electron chi connectivity index (χ2n) is 7.12. The molecule has 0 unspecified atom stereocenters. The molecule has 0 amide bonds. The van der Waals surface area contributed by atoms with Crippen molar-refractivity contribution in [2.75, 3.05) is 13.1 Å². The van der Waals surface area contributed by atoms with Crippen molar-refractivity contribution < 1.29 is 9.84 Å². The lowest BCUT2D eigenvalue weighted by Crippen LogP contribution is -2.31. The summed E-state index contributed by atoms with van der Waals surface area (Å²) in [6.45, 7) is 8.19. The van der Waals surface area contributed by atoms with Gasteiger partial charge in [-0.3, -0.25) is 4.90 Å². The topological polar surface area (TPSA) is 50.5 Å². The Labute approximate surface area is 167 Å². The fourth-order valence-corrected chi connectivity index (χ4v) is 3.32. The maximum atomic E-state index is 9.89. The van der Waals surface area contributed by atoms with E-state index in [0.717, 1.165) is 41.5 Å². The van der Waals surface area contributed by atoms with Gasteiger partial charge < -0.3 is 9.84 Å². The predicted octanol–water partition coefficient (Wildman–Crippen LogP) is 4.57. The van der Waals surface area contributed by atoms with Crippen LogP contribution in [0.15, 0.2) is 60.7 Å². The Morgan fingerprint density at radius 1 is 1.07 bits per heavy atom. The average Bonchev–Trinajstić information content (AvgIpc) is 2.99. The average molecular weight is 380 g/mol. The van der Waals surface area contributed by atoms with Gasteiger partial charge in [0.25, 0.3) is 0 Å². The van der Waals surface area contributed by atoms with Gasteiger partial charge in [0, 0.05) is 13.1 Å². The van der Waals surface area contributed by atoms with Gasteiger partial charge in [0.05, 0.1) is 23.0 Å². The molecule has 148 valence electrons. The van der Waals surface area contributed by atoms with Gasteiger partial charge in [-0.1, -0.05) is 43.3 Å². The number of aliphatic hydroxyl groups is 1. The fourth-order valence-electron chi connectivity index (χ4n) is 3.32. The van der Waals surface area contributed by atoms with Crippen molar-refractivity contribution in [3.63, 3.8) is 0 Å². The number of aryl methyl sites for hydroxylation is 1. The maximum absolute atomic E-state index is 9.89. The minimum atomic E-state index is -0.380. The molecule has 0 aliphatic carbocycles. The molecule has 5 nitrogen and oxygen atoms in total.